The van der Waals surface area contributed by atoms with E-state index in [1.807, 2.05) is 31.3 Å². The Kier molecular flexibility index (Phi) is 3.69. The zero-order valence-corrected chi connectivity index (χ0v) is 10.6. The summed E-state index contributed by atoms with van der Waals surface area (Å²) >= 11 is 0. The normalized spacial score (nSPS) is 25.1. The highest BCUT2D eigenvalue weighted by molar-refractivity contribution is 5.39. The van der Waals surface area contributed by atoms with Crippen molar-refractivity contribution in [2.45, 2.75) is 25.4 Å². The number of para-hydroxylation sites is 1. The Bertz CT molecular complexity index is 380. The van der Waals surface area contributed by atoms with Crippen LogP contribution >= 0.6 is 0 Å². The zero-order chi connectivity index (χ0) is 12.3. The molecule has 0 saturated carbocycles. The number of likely N-dealkylation sites (tertiary alicyclic amines) is 1. The summed E-state index contributed by atoms with van der Waals surface area (Å²) in [6.07, 6.45) is 1.75. The van der Waals surface area contributed by atoms with Crippen LogP contribution in [-0.4, -0.2) is 36.8 Å². The molecule has 1 fully saturated rings. The molecule has 17 heavy (non-hydrogen) atoms. The van der Waals surface area contributed by atoms with E-state index in [4.69, 9.17) is 4.74 Å². The van der Waals surface area contributed by atoms with Crippen LogP contribution in [0.5, 0.6) is 5.75 Å². The van der Waals surface area contributed by atoms with Crippen molar-refractivity contribution in [3.63, 3.8) is 0 Å². The van der Waals surface area contributed by atoms with E-state index in [9.17, 15) is 5.11 Å². The summed E-state index contributed by atoms with van der Waals surface area (Å²) in [7, 11) is 2.04. The van der Waals surface area contributed by atoms with Crippen LogP contribution in [0.3, 0.4) is 0 Å². The third-order valence-corrected chi connectivity index (χ3v) is 3.29. The highest BCUT2D eigenvalue weighted by Gasteiger charge is 2.38. The highest BCUT2D eigenvalue weighted by Crippen LogP contribution is 2.36. The van der Waals surface area contributed by atoms with Gasteiger partial charge >= 0.3 is 0 Å². The lowest BCUT2D eigenvalue weighted by atomic mass is 9.92. The van der Waals surface area contributed by atoms with Gasteiger partial charge in [-0.05, 0) is 26.0 Å². The van der Waals surface area contributed by atoms with Gasteiger partial charge in [-0.15, -0.1) is 0 Å². The molecule has 3 heteroatoms. The van der Waals surface area contributed by atoms with Gasteiger partial charge in [-0.2, -0.15) is 0 Å². The van der Waals surface area contributed by atoms with Crippen molar-refractivity contribution in [3.05, 3.63) is 29.8 Å². The topological polar surface area (TPSA) is 32.7 Å². The van der Waals surface area contributed by atoms with E-state index in [0.29, 0.717) is 13.2 Å². The predicted octanol–water partition coefficient (Wildman–Crippen LogP) is 2.00. The lowest BCUT2D eigenvalue weighted by Gasteiger charge is -2.25. The molecule has 0 radical (unpaired) electrons. The summed E-state index contributed by atoms with van der Waals surface area (Å²) < 4.78 is 5.72. The molecule has 0 amide bonds. The van der Waals surface area contributed by atoms with Gasteiger partial charge in [0, 0.05) is 18.7 Å². The van der Waals surface area contributed by atoms with Gasteiger partial charge in [-0.25, -0.2) is 0 Å². The quantitative estimate of drug-likeness (QED) is 0.866. The van der Waals surface area contributed by atoms with Crippen LogP contribution < -0.4 is 4.74 Å². The standard InChI is InChI=1S/C14H21NO2/c1-3-10-17-13-7-5-4-6-12(13)14(16)8-9-15(2)11-14/h4-7,16H,3,8-11H2,1-2H3. The molecule has 1 saturated heterocycles. The van der Waals surface area contributed by atoms with E-state index >= 15 is 0 Å². The molecule has 1 aliphatic heterocycles. The number of ether oxygens (including phenoxy) is 1. The molecule has 1 unspecified atom stereocenters. The van der Waals surface area contributed by atoms with Gasteiger partial charge in [-0.1, -0.05) is 25.1 Å². The first-order chi connectivity index (χ1) is 8.15. The molecule has 3 nitrogen and oxygen atoms in total. The van der Waals surface area contributed by atoms with Crippen molar-refractivity contribution in [2.24, 2.45) is 0 Å². The Hall–Kier alpha value is -1.06. The second-order valence-electron chi connectivity index (χ2n) is 4.86. The van der Waals surface area contributed by atoms with Gasteiger partial charge in [0.2, 0.25) is 0 Å². The fourth-order valence-electron chi connectivity index (χ4n) is 2.39. The average Bonchev–Trinajstić information content (AvgIpc) is 2.68. The number of hydrogen-bond acceptors (Lipinski definition) is 3. The Morgan fingerprint density at radius 3 is 2.82 bits per heavy atom. The Morgan fingerprint density at radius 2 is 2.18 bits per heavy atom. The van der Waals surface area contributed by atoms with Crippen LogP contribution in [0, 0.1) is 0 Å². The van der Waals surface area contributed by atoms with Crippen molar-refractivity contribution in [3.8, 4) is 5.75 Å². The van der Waals surface area contributed by atoms with Gasteiger partial charge in [0.25, 0.3) is 0 Å². The summed E-state index contributed by atoms with van der Waals surface area (Å²) in [6.45, 7) is 4.39. The molecule has 1 aromatic rings. The number of likely N-dealkylation sites (N-methyl/N-ethyl adjacent to an activating group) is 1. The number of benzene rings is 1. The number of rotatable bonds is 4. The summed E-state index contributed by atoms with van der Waals surface area (Å²) in [5, 5.41) is 10.7. The first kappa shape index (κ1) is 12.4. The van der Waals surface area contributed by atoms with Crippen molar-refractivity contribution < 1.29 is 9.84 Å². The molecule has 0 bridgehead atoms. The first-order valence-electron chi connectivity index (χ1n) is 6.29. The summed E-state index contributed by atoms with van der Waals surface area (Å²) in [5.41, 5.74) is 0.178. The van der Waals surface area contributed by atoms with Gasteiger partial charge in [0.05, 0.1) is 6.61 Å². The molecule has 1 aromatic carbocycles. The molecule has 1 atom stereocenters. The molecular formula is C14H21NO2. The monoisotopic (exact) mass is 235 g/mol. The van der Waals surface area contributed by atoms with E-state index in [2.05, 4.69) is 11.8 Å². The minimum absolute atomic E-state index is 0.680. The minimum Gasteiger partial charge on any atom is -0.493 e. The van der Waals surface area contributed by atoms with Gasteiger partial charge in [-0.3, -0.25) is 0 Å². The Balaban J connectivity index is 2.25. The number of β-amino-alcohol motifs (C(OH)–C–C–N with tert-alkyl or cyclic N) is 1. The van der Waals surface area contributed by atoms with Gasteiger partial charge < -0.3 is 14.7 Å². The third-order valence-electron chi connectivity index (χ3n) is 3.29. The second-order valence-corrected chi connectivity index (χ2v) is 4.86. The van der Waals surface area contributed by atoms with Crippen molar-refractivity contribution in [2.75, 3.05) is 26.7 Å². The summed E-state index contributed by atoms with van der Waals surface area (Å²) in [6, 6.07) is 7.84. The fourth-order valence-corrected chi connectivity index (χ4v) is 2.39. The van der Waals surface area contributed by atoms with Crippen molar-refractivity contribution in [1.82, 2.24) is 4.90 Å². The van der Waals surface area contributed by atoms with Gasteiger partial charge in [0.15, 0.2) is 0 Å². The van der Waals surface area contributed by atoms with Crippen molar-refractivity contribution in [1.29, 1.82) is 0 Å². The maximum atomic E-state index is 10.7. The maximum absolute atomic E-state index is 10.7. The highest BCUT2D eigenvalue weighted by atomic mass is 16.5. The lowest BCUT2D eigenvalue weighted by molar-refractivity contribution is 0.0457. The molecule has 2 rings (SSSR count). The van der Waals surface area contributed by atoms with E-state index in [1.165, 1.54) is 0 Å². The smallest absolute Gasteiger partial charge is 0.125 e. The van der Waals surface area contributed by atoms with Gasteiger partial charge in [0.1, 0.15) is 11.4 Å². The maximum Gasteiger partial charge on any atom is 0.125 e. The minimum atomic E-state index is -0.751. The van der Waals surface area contributed by atoms with Crippen LogP contribution in [0.25, 0.3) is 0 Å². The molecule has 1 aliphatic rings. The third kappa shape index (κ3) is 2.61. The first-order valence-corrected chi connectivity index (χ1v) is 6.29. The number of aliphatic hydroxyl groups is 1. The second kappa shape index (κ2) is 5.07. The number of nitrogens with zero attached hydrogens (tertiary/aromatic N) is 1. The predicted molar refractivity (Wildman–Crippen MR) is 68.2 cm³/mol. The van der Waals surface area contributed by atoms with Crippen LogP contribution in [0.15, 0.2) is 24.3 Å². The molecule has 1 N–H and O–H groups in total. The van der Waals surface area contributed by atoms with Crippen molar-refractivity contribution >= 4 is 0 Å². The molecule has 0 spiro atoms. The van der Waals surface area contributed by atoms with E-state index in [-0.39, 0.29) is 0 Å². The molecular weight excluding hydrogens is 214 g/mol. The Morgan fingerprint density at radius 1 is 1.41 bits per heavy atom. The molecule has 0 aliphatic carbocycles. The largest absolute Gasteiger partial charge is 0.493 e. The van der Waals surface area contributed by atoms with Crippen LogP contribution in [0.4, 0.5) is 0 Å². The molecule has 0 aromatic heterocycles. The van der Waals surface area contributed by atoms with E-state index < -0.39 is 5.60 Å². The average molecular weight is 235 g/mol. The summed E-state index contributed by atoms with van der Waals surface area (Å²) in [5.74, 6) is 0.826. The number of hydrogen-bond donors (Lipinski definition) is 1. The van der Waals surface area contributed by atoms with E-state index in [1.54, 1.807) is 0 Å². The van der Waals surface area contributed by atoms with Crippen LogP contribution in [0.2, 0.25) is 0 Å². The zero-order valence-electron chi connectivity index (χ0n) is 10.6. The lowest BCUT2D eigenvalue weighted by Crippen LogP contribution is -2.29. The molecule has 1 heterocycles. The SMILES string of the molecule is CCCOc1ccccc1C1(O)CCN(C)C1. The van der Waals surface area contributed by atoms with E-state index in [0.717, 1.165) is 30.7 Å². The van der Waals surface area contributed by atoms with Crippen LogP contribution in [0.1, 0.15) is 25.3 Å². The Labute approximate surface area is 103 Å². The van der Waals surface area contributed by atoms with Crippen LogP contribution in [-0.2, 0) is 5.60 Å². The fraction of sp³-hybridized carbons (Fsp3) is 0.571. The molecule has 94 valence electrons. The summed E-state index contributed by atoms with van der Waals surface area (Å²) in [4.78, 5) is 2.15.